The molecule has 1 heterocycles. The van der Waals surface area contributed by atoms with Gasteiger partial charge in [-0.1, -0.05) is 19.8 Å². The number of piperidine rings is 1. The summed E-state index contributed by atoms with van der Waals surface area (Å²) in [5.41, 5.74) is 5.43. The van der Waals surface area contributed by atoms with Crippen LogP contribution in [0.15, 0.2) is 0 Å². The van der Waals surface area contributed by atoms with Crippen LogP contribution in [0, 0.1) is 0 Å². The molecule has 1 aliphatic rings. The molecule has 0 radical (unpaired) electrons. The number of rotatable bonds is 8. The average Bonchev–Trinajstić information content (AvgIpc) is 2.40. The lowest BCUT2D eigenvalue weighted by molar-refractivity contribution is -0.133. The molecule has 1 fully saturated rings. The fraction of sp³-hybridized carbons (Fsp3) is 0.929. The third-order valence-corrected chi connectivity index (χ3v) is 3.49. The molecule has 4 nitrogen and oxygen atoms in total. The smallest absolute Gasteiger partial charge is 0.222 e. The van der Waals surface area contributed by atoms with Gasteiger partial charge in [-0.15, -0.1) is 12.4 Å². The van der Waals surface area contributed by atoms with Crippen LogP contribution in [0.1, 0.15) is 51.9 Å². The van der Waals surface area contributed by atoms with E-state index in [0.717, 1.165) is 51.8 Å². The van der Waals surface area contributed by atoms with Gasteiger partial charge in [0.15, 0.2) is 0 Å². The van der Waals surface area contributed by atoms with Crippen LogP contribution in [-0.4, -0.2) is 43.2 Å². The number of hydrogen-bond acceptors (Lipinski definition) is 3. The molecule has 1 amide bonds. The summed E-state index contributed by atoms with van der Waals surface area (Å²) < 4.78 is 5.73. The van der Waals surface area contributed by atoms with Crippen molar-refractivity contribution in [1.29, 1.82) is 0 Å². The molecule has 0 spiro atoms. The van der Waals surface area contributed by atoms with Crippen LogP contribution in [0.25, 0.3) is 0 Å². The summed E-state index contributed by atoms with van der Waals surface area (Å²) in [6.07, 6.45) is 7.28. The molecule has 0 bridgehead atoms. The van der Waals surface area contributed by atoms with Gasteiger partial charge in [0.1, 0.15) is 0 Å². The van der Waals surface area contributed by atoms with E-state index in [1.807, 2.05) is 4.90 Å². The molecule has 2 N–H and O–H groups in total. The predicted molar refractivity (Wildman–Crippen MR) is 80.6 cm³/mol. The molecule has 0 saturated carbocycles. The highest BCUT2D eigenvalue weighted by molar-refractivity contribution is 5.85. The van der Waals surface area contributed by atoms with Gasteiger partial charge in [0, 0.05) is 26.1 Å². The fourth-order valence-electron chi connectivity index (χ4n) is 2.29. The Morgan fingerprint density at radius 3 is 2.53 bits per heavy atom. The molecule has 0 unspecified atom stereocenters. The van der Waals surface area contributed by atoms with Crippen molar-refractivity contribution < 1.29 is 9.53 Å². The number of halogens is 1. The van der Waals surface area contributed by atoms with Crippen LogP contribution in [0.5, 0.6) is 0 Å². The van der Waals surface area contributed by atoms with Gasteiger partial charge in [-0.2, -0.15) is 0 Å². The number of nitrogens with zero attached hydrogens (tertiary/aromatic N) is 1. The van der Waals surface area contributed by atoms with E-state index in [4.69, 9.17) is 10.5 Å². The molecular weight excluding hydrogens is 264 g/mol. The van der Waals surface area contributed by atoms with Crippen LogP contribution in [-0.2, 0) is 9.53 Å². The molecule has 0 aromatic carbocycles. The summed E-state index contributed by atoms with van der Waals surface area (Å²) in [7, 11) is 0. The van der Waals surface area contributed by atoms with Gasteiger partial charge in [-0.25, -0.2) is 0 Å². The van der Waals surface area contributed by atoms with Crippen molar-refractivity contribution in [3.63, 3.8) is 0 Å². The summed E-state index contributed by atoms with van der Waals surface area (Å²) in [6, 6.07) is 0. The van der Waals surface area contributed by atoms with E-state index in [1.54, 1.807) is 0 Å². The zero-order valence-corrected chi connectivity index (χ0v) is 12.9. The van der Waals surface area contributed by atoms with Gasteiger partial charge in [0.2, 0.25) is 5.91 Å². The summed E-state index contributed by atoms with van der Waals surface area (Å²) in [5, 5.41) is 0. The maximum absolute atomic E-state index is 11.9. The predicted octanol–water partition coefficient (Wildman–Crippen LogP) is 2.34. The van der Waals surface area contributed by atoms with E-state index in [9.17, 15) is 4.79 Å². The minimum atomic E-state index is 0. The Morgan fingerprint density at radius 2 is 1.95 bits per heavy atom. The Bertz CT molecular complexity index is 231. The summed E-state index contributed by atoms with van der Waals surface area (Å²) >= 11 is 0. The first-order valence-electron chi connectivity index (χ1n) is 7.37. The SMILES string of the molecule is CCCCCC(=O)N1CCC(OCCCN)CC1.Cl. The standard InChI is InChI=1S/C14H28N2O2.ClH/c1-2-3-4-6-14(17)16-10-7-13(8-11-16)18-12-5-9-15;/h13H,2-12,15H2,1H3;1H. The van der Waals surface area contributed by atoms with Crippen molar-refractivity contribution >= 4 is 18.3 Å². The molecule has 114 valence electrons. The Morgan fingerprint density at radius 1 is 1.26 bits per heavy atom. The number of unbranched alkanes of at least 4 members (excludes halogenated alkanes) is 2. The van der Waals surface area contributed by atoms with E-state index in [0.29, 0.717) is 25.0 Å². The summed E-state index contributed by atoms with van der Waals surface area (Å²) in [6.45, 7) is 5.32. The largest absolute Gasteiger partial charge is 0.378 e. The normalized spacial score (nSPS) is 16.2. The van der Waals surface area contributed by atoms with Crippen molar-refractivity contribution in [2.75, 3.05) is 26.2 Å². The van der Waals surface area contributed by atoms with Gasteiger partial charge < -0.3 is 15.4 Å². The first-order valence-corrected chi connectivity index (χ1v) is 7.37. The van der Waals surface area contributed by atoms with Crippen molar-refractivity contribution in [1.82, 2.24) is 4.90 Å². The molecule has 0 aliphatic carbocycles. The number of carbonyl (C=O) groups excluding carboxylic acids is 1. The molecule has 1 aliphatic heterocycles. The molecular formula is C14H29ClN2O2. The second kappa shape index (κ2) is 11.5. The number of ether oxygens (including phenoxy) is 1. The Labute approximate surface area is 123 Å². The quantitative estimate of drug-likeness (QED) is 0.699. The third kappa shape index (κ3) is 7.75. The Kier molecular flexibility index (Phi) is 11.3. The molecule has 0 aromatic rings. The summed E-state index contributed by atoms with van der Waals surface area (Å²) in [5.74, 6) is 0.323. The van der Waals surface area contributed by atoms with Gasteiger partial charge in [0.25, 0.3) is 0 Å². The van der Waals surface area contributed by atoms with Crippen LogP contribution >= 0.6 is 12.4 Å². The number of likely N-dealkylation sites (tertiary alicyclic amines) is 1. The van der Waals surface area contributed by atoms with Crippen LogP contribution < -0.4 is 5.73 Å². The Hall–Kier alpha value is -0.320. The minimum absolute atomic E-state index is 0. The first kappa shape index (κ1) is 18.7. The molecule has 0 atom stereocenters. The van der Waals surface area contributed by atoms with E-state index >= 15 is 0 Å². The zero-order valence-electron chi connectivity index (χ0n) is 12.1. The van der Waals surface area contributed by atoms with Crippen LogP contribution in [0.3, 0.4) is 0 Å². The molecule has 1 saturated heterocycles. The van der Waals surface area contributed by atoms with E-state index in [1.165, 1.54) is 6.42 Å². The fourth-order valence-corrected chi connectivity index (χ4v) is 2.29. The highest BCUT2D eigenvalue weighted by Crippen LogP contribution is 2.15. The highest BCUT2D eigenvalue weighted by atomic mass is 35.5. The average molecular weight is 293 g/mol. The monoisotopic (exact) mass is 292 g/mol. The van der Waals surface area contributed by atoms with Crippen molar-refractivity contribution in [3.8, 4) is 0 Å². The van der Waals surface area contributed by atoms with Gasteiger partial charge in [-0.3, -0.25) is 4.79 Å². The van der Waals surface area contributed by atoms with Crippen molar-refractivity contribution in [2.45, 2.75) is 58.0 Å². The highest BCUT2D eigenvalue weighted by Gasteiger charge is 2.22. The van der Waals surface area contributed by atoms with Gasteiger partial charge in [-0.05, 0) is 32.2 Å². The zero-order chi connectivity index (χ0) is 13.2. The molecule has 0 aromatic heterocycles. The lowest BCUT2D eigenvalue weighted by Crippen LogP contribution is -2.40. The second-order valence-corrected chi connectivity index (χ2v) is 5.05. The first-order chi connectivity index (χ1) is 8.77. The van der Waals surface area contributed by atoms with Gasteiger partial charge in [0.05, 0.1) is 6.10 Å². The lowest BCUT2D eigenvalue weighted by atomic mass is 10.1. The van der Waals surface area contributed by atoms with E-state index < -0.39 is 0 Å². The lowest BCUT2D eigenvalue weighted by Gasteiger charge is -2.32. The third-order valence-electron chi connectivity index (χ3n) is 3.49. The summed E-state index contributed by atoms with van der Waals surface area (Å²) in [4.78, 5) is 13.9. The number of carbonyl (C=O) groups is 1. The maximum atomic E-state index is 11.9. The van der Waals surface area contributed by atoms with E-state index in [-0.39, 0.29) is 12.4 Å². The number of hydrogen-bond donors (Lipinski definition) is 1. The second-order valence-electron chi connectivity index (χ2n) is 5.05. The van der Waals surface area contributed by atoms with Crippen LogP contribution in [0.4, 0.5) is 0 Å². The topological polar surface area (TPSA) is 55.6 Å². The number of nitrogens with two attached hydrogens (primary N) is 1. The maximum Gasteiger partial charge on any atom is 0.222 e. The van der Waals surface area contributed by atoms with Crippen LogP contribution in [0.2, 0.25) is 0 Å². The number of amides is 1. The molecule has 19 heavy (non-hydrogen) atoms. The minimum Gasteiger partial charge on any atom is -0.378 e. The van der Waals surface area contributed by atoms with Crippen molar-refractivity contribution in [3.05, 3.63) is 0 Å². The Balaban J connectivity index is 0.00000324. The van der Waals surface area contributed by atoms with Gasteiger partial charge >= 0.3 is 0 Å². The van der Waals surface area contributed by atoms with E-state index in [2.05, 4.69) is 6.92 Å². The molecule has 1 rings (SSSR count). The molecule has 5 heteroatoms. The van der Waals surface area contributed by atoms with Crippen molar-refractivity contribution in [2.24, 2.45) is 5.73 Å².